The van der Waals surface area contributed by atoms with Crippen molar-refractivity contribution in [3.05, 3.63) is 54.2 Å². The number of methoxy groups -OCH3 is 1. The number of ether oxygens (including phenoxy) is 2. The Kier molecular flexibility index (Phi) is 8.15. The highest BCUT2D eigenvalue weighted by Crippen LogP contribution is 2.23. The van der Waals surface area contributed by atoms with E-state index in [0.717, 1.165) is 62.7 Å². The Labute approximate surface area is 195 Å². The number of piperazine rings is 1. The second-order valence-electron chi connectivity index (χ2n) is 8.69. The summed E-state index contributed by atoms with van der Waals surface area (Å²) in [6, 6.07) is 13.6. The van der Waals surface area contributed by atoms with Crippen molar-refractivity contribution < 1.29 is 19.4 Å². The van der Waals surface area contributed by atoms with Crippen molar-refractivity contribution in [1.29, 1.82) is 0 Å². The molecule has 4 rings (SSSR count). The van der Waals surface area contributed by atoms with Crippen molar-refractivity contribution >= 4 is 11.7 Å². The van der Waals surface area contributed by atoms with Crippen LogP contribution < -0.4 is 15.0 Å². The van der Waals surface area contributed by atoms with Gasteiger partial charge in [-0.2, -0.15) is 0 Å². The van der Waals surface area contributed by atoms with E-state index in [4.69, 9.17) is 9.47 Å². The third-order valence-electron chi connectivity index (χ3n) is 6.47. The Bertz CT molecular complexity index is 872. The topological polar surface area (TPSA) is 87.2 Å². The van der Waals surface area contributed by atoms with Crippen molar-refractivity contribution in [3.8, 4) is 5.75 Å². The quantitative estimate of drug-likeness (QED) is 0.629. The van der Waals surface area contributed by atoms with E-state index in [1.807, 2.05) is 42.6 Å². The molecule has 3 heterocycles. The number of hydrogen-bond donors (Lipinski definition) is 2. The lowest BCUT2D eigenvalue weighted by Gasteiger charge is -2.37. The maximum absolute atomic E-state index is 12.7. The summed E-state index contributed by atoms with van der Waals surface area (Å²) in [5.41, 5.74) is 0.968. The number of amides is 1. The van der Waals surface area contributed by atoms with Gasteiger partial charge in [0.2, 0.25) is 0 Å². The number of rotatable bonds is 8. The molecule has 2 N–H and O–H groups in total. The van der Waals surface area contributed by atoms with Gasteiger partial charge in [-0.05, 0) is 49.1 Å². The number of aromatic nitrogens is 1. The predicted molar refractivity (Wildman–Crippen MR) is 126 cm³/mol. The van der Waals surface area contributed by atoms with Gasteiger partial charge >= 0.3 is 0 Å². The van der Waals surface area contributed by atoms with Gasteiger partial charge in [-0.15, -0.1) is 0 Å². The second kappa shape index (κ2) is 11.4. The van der Waals surface area contributed by atoms with Crippen LogP contribution in [0.1, 0.15) is 24.8 Å². The number of anilines is 1. The number of benzene rings is 1. The van der Waals surface area contributed by atoms with E-state index in [2.05, 4.69) is 26.2 Å². The van der Waals surface area contributed by atoms with Crippen molar-refractivity contribution in [2.45, 2.75) is 44.1 Å². The zero-order valence-corrected chi connectivity index (χ0v) is 19.2. The smallest absolute Gasteiger partial charge is 0.252 e. The van der Waals surface area contributed by atoms with Crippen LogP contribution in [-0.4, -0.2) is 79.0 Å². The summed E-state index contributed by atoms with van der Waals surface area (Å²) in [7, 11) is 1.62. The van der Waals surface area contributed by atoms with Crippen molar-refractivity contribution in [2.24, 2.45) is 0 Å². The molecule has 8 heteroatoms. The van der Waals surface area contributed by atoms with E-state index in [-0.39, 0.29) is 12.0 Å². The second-order valence-corrected chi connectivity index (χ2v) is 8.69. The standard InChI is InChI=1S/C25H34N4O4/c1-32-20-7-5-19(6-8-20)18-27-25(31)24-22(30)10-9-21(33-24)11-13-28-14-16-29(17-15-28)23-4-2-3-12-26-23/h2-8,12,21-22,24,30H,9-11,13-18H2,1H3,(H,27,31)/t21-,22-,24+/m0/s1. The Morgan fingerprint density at radius 2 is 1.94 bits per heavy atom. The van der Waals surface area contributed by atoms with Gasteiger partial charge in [-0.25, -0.2) is 4.98 Å². The van der Waals surface area contributed by atoms with Crippen LogP contribution in [0.25, 0.3) is 0 Å². The Balaban J connectivity index is 1.20. The molecular formula is C25H34N4O4. The monoisotopic (exact) mass is 454 g/mol. The van der Waals surface area contributed by atoms with E-state index in [1.165, 1.54) is 0 Å². The molecule has 0 aliphatic carbocycles. The Morgan fingerprint density at radius 3 is 2.64 bits per heavy atom. The van der Waals surface area contributed by atoms with E-state index in [0.29, 0.717) is 13.0 Å². The fraction of sp³-hybridized carbons (Fsp3) is 0.520. The fourth-order valence-electron chi connectivity index (χ4n) is 4.42. The highest BCUT2D eigenvalue weighted by Gasteiger charge is 2.35. The van der Waals surface area contributed by atoms with Gasteiger partial charge in [0.05, 0.1) is 19.3 Å². The van der Waals surface area contributed by atoms with Crippen molar-refractivity contribution in [1.82, 2.24) is 15.2 Å². The first-order chi connectivity index (χ1) is 16.1. The predicted octanol–water partition coefficient (Wildman–Crippen LogP) is 1.83. The molecular weight excluding hydrogens is 420 g/mol. The molecule has 1 aromatic heterocycles. The molecule has 2 saturated heterocycles. The minimum absolute atomic E-state index is 0.0149. The lowest BCUT2D eigenvalue weighted by molar-refractivity contribution is -0.158. The molecule has 2 aromatic rings. The normalized spacial score (nSPS) is 23.8. The molecule has 178 valence electrons. The number of nitrogens with one attached hydrogen (secondary N) is 1. The molecule has 0 unspecified atom stereocenters. The molecule has 33 heavy (non-hydrogen) atoms. The first-order valence-corrected chi connectivity index (χ1v) is 11.7. The molecule has 2 fully saturated rings. The van der Waals surface area contributed by atoms with Gasteiger partial charge in [0, 0.05) is 45.5 Å². The van der Waals surface area contributed by atoms with Gasteiger partial charge in [0.25, 0.3) is 5.91 Å². The number of carbonyl (C=O) groups is 1. The van der Waals surface area contributed by atoms with E-state index >= 15 is 0 Å². The molecule has 1 aromatic carbocycles. The van der Waals surface area contributed by atoms with Gasteiger partial charge < -0.3 is 24.8 Å². The van der Waals surface area contributed by atoms with Crippen LogP contribution in [0, 0.1) is 0 Å². The summed E-state index contributed by atoms with van der Waals surface area (Å²) in [6.45, 7) is 5.20. The van der Waals surface area contributed by atoms with Gasteiger partial charge in [-0.1, -0.05) is 18.2 Å². The number of carbonyl (C=O) groups excluding carboxylic acids is 1. The minimum atomic E-state index is -0.817. The maximum atomic E-state index is 12.7. The highest BCUT2D eigenvalue weighted by atomic mass is 16.5. The fourth-order valence-corrected chi connectivity index (χ4v) is 4.42. The summed E-state index contributed by atoms with van der Waals surface area (Å²) >= 11 is 0. The van der Waals surface area contributed by atoms with Crippen molar-refractivity contribution in [3.63, 3.8) is 0 Å². The van der Waals surface area contributed by atoms with Crippen LogP contribution >= 0.6 is 0 Å². The number of hydrogen-bond acceptors (Lipinski definition) is 7. The molecule has 8 nitrogen and oxygen atoms in total. The lowest BCUT2D eigenvalue weighted by Crippen LogP contribution is -2.50. The van der Waals surface area contributed by atoms with Gasteiger partial charge in [0.15, 0.2) is 6.10 Å². The average molecular weight is 455 g/mol. The van der Waals surface area contributed by atoms with Crippen LogP contribution in [0.4, 0.5) is 5.82 Å². The Hall–Kier alpha value is -2.68. The number of nitrogens with zero attached hydrogens (tertiary/aromatic N) is 3. The average Bonchev–Trinajstić information content (AvgIpc) is 2.88. The number of aliphatic hydroxyl groups is 1. The third kappa shape index (κ3) is 6.43. The first-order valence-electron chi connectivity index (χ1n) is 11.7. The summed E-state index contributed by atoms with van der Waals surface area (Å²) in [5, 5.41) is 13.2. The van der Waals surface area contributed by atoms with Crippen molar-refractivity contribution in [2.75, 3.05) is 44.7 Å². The third-order valence-corrected chi connectivity index (χ3v) is 6.47. The minimum Gasteiger partial charge on any atom is -0.497 e. The van der Waals surface area contributed by atoms with Crippen LogP contribution in [0.3, 0.4) is 0 Å². The summed E-state index contributed by atoms with van der Waals surface area (Å²) < 4.78 is 11.2. The summed E-state index contributed by atoms with van der Waals surface area (Å²) in [6.07, 6.45) is 2.45. The molecule has 3 atom stereocenters. The molecule has 0 radical (unpaired) electrons. The lowest BCUT2D eigenvalue weighted by atomic mass is 9.98. The van der Waals surface area contributed by atoms with Crippen LogP contribution in [-0.2, 0) is 16.1 Å². The summed E-state index contributed by atoms with van der Waals surface area (Å²) in [4.78, 5) is 21.9. The highest BCUT2D eigenvalue weighted by molar-refractivity contribution is 5.81. The zero-order chi connectivity index (χ0) is 23.0. The molecule has 0 saturated carbocycles. The van der Waals surface area contributed by atoms with Crippen LogP contribution in [0.15, 0.2) is 48.7 Å². The maximum Gasteiger partial charge on any atom is 0.252 e. The number of aliphatic hydroxyl groups excluding tert-OH is 1. The van der Waals surface area contributed by atoms with E-state index < -0.39 is 12.2 Å². The zero-order valence-electron chi connectivity index (χ0n) is 19.2. The van der Waals surface area contributed by atoms with E-state index in [1.54, 1.807) is 7.11 Å². The molecule has 2 aliphatic heterocycles. The largest absolute Gasteiger partial charge is 0.497 e. The molecule has 0 bridgehead atoms. The first kappa shape index (κ1) is 23.5. The van der Waals surface area contributed by atoms with Crippen LogP contribution in [0.2, 0.25) is 0 Å². The van der Waals surface area contributed by atoms with Gasteiger partial charge in [-0.3, -0.25) is 9.69 Å². The molecule has 2 aliphatic rings. The molecule has 0 spiro atoms. The summed E-state index contributed by atoms with van der Waals surface area (Å²) in [5.74, 6) is 1.55. The number of pyridine rings is 1. The Morgan fingerprint density at radius 1 is 1.15 bits per heavy atom. The van der Waals surface area contributed by atoms with Crippen LogP contribution in [0.5, 0.6) is 5.75 Å². The SMILES string of the molecule is COc1ccc(CNC(=O)[C@@H]2O[C@H](CCN3CCN(c4ccccn4)CC3)CC[C@@H]2O)cc1. The molecule has 1 amide bonds. The van der Waals surface area contributed by atoms with E-state index in [9.17, 15) is 9.90 Å². The van der Waals surface area contributed by atoms with Gasteiger partial charge in [0.1, 0.15) is 11.6 Å².